The summed E-state index contributed by atoms with van der Waals surface area (Å²) in [6.07, 6.45) is 0. The van der Waals surface area contributed by atoms with E-state index in [1.807, 2.05) is 12.1 Å². The third-order valence-corrected chi connectivity index (χ3v) is 2.93. The van der Waals surface area contributed by atoms with Gasteiger partial charge in [-0.25, -0.2) is 4.98 Å². The van der Waals surface area contributed by atoms with Crippen molar-refractivity contribution >= 4 is 17.4 Å². The van der Waals surface area contributed by atoms with E-state index in [-0.39, 0.29) is 0 Å². The molecule has 1 N–H and O–H groups in total. The second-order valence-corrected chi connectivity index (χ2v) is 5.08. The van der Waals surface area contributed by atoms with E-state index in [9.17, 15) is 0 Å². The van der Waals surface area contributed by atoms with Crippen molar-refractivity contribution < 1.29 is 0 Å². The van der Waals surface area contributed by atoms with Gasteiger partial charge in [0.25, 0.3) is 0 Å². The number of pyridine rings is 1. The van der Waals surface area contributed by atoms with Crippen LogP contribution in [0.2, 0.25) is 5.15 Å². The van der Waals surface area contributed by atoms with E-state index in [1.165, 1.54) is 0 Å². The third kappa shape index (κ3) is 4.92. The van der Waals surface area contributed by atoms with Crippen LogP contribution in [0.15, 0.2) is 18.2 Å². The Morgan fingerprint density at radius 2 is 1.88 bits per heavy atom. The van der Waals surface area contributed by atoms with Crippen LogP contribution in [0.3, 0.4) is 0 Å². The van der Waals surface area contributed by atoms with Crippen LogP contribution in [-0.2, 0) is 0 Å². The van der Waals surface area contributed by atoms with Gasteiger partial charge in [0.1, 0.15) is 11.0 Å². The Kier molecular flexibility index (Phi) is 5.72. The number of rotatable bonds is 6. The fourth-order valence-corrected chi connectivity index (χ4v) is 2.10. The SMILES string of the molecule is CC(C)N(CCNc1cccc(Cl)n1)C(C)C. The summed E-state index contributed by atoms with van der Waals surface area (Å²) in [6.45, 7) is 10.8. The van der Waals surface area contributed by atoms with Gasteiger partial charge in [-0.1, -0.05) is 17.7 Å². The Morgan fingerprint density at radius 3 is 2.41 bits per heavy atom. The molecule has 4 heteroatoms. The molecule has 0 atom stereocenters. The highest BCUT2D eigenvalue weighted by atomic mass is 35.5. The summed E-state index contributed by atoms with van der Waals surface area (Å²) in [7, 11) is 0. The van der Waals surface area contributed by atoms with Crippen molar-refractivity contribution in [3.05, 3.63) is 23.4 Å². The average Bonchev–Trinajstić information content (AvgIpc) is 2.23. The summed E-state index contributed by atoms with van der Waals surface area (Å²) in [5, 5.41) is 3.82. The van der Waals surface area contributed by atoms with Gasteiger partial charge in [-0.15, -0.1) is 0 Å². The molecule has 1 heterocycles. The van der Waals surface area contributed by atoms with Crippen molar-refractivity contribution in [2.24, 2.45) is 0 Å². The minimum absolute atomic E-state index is 0.527. The summed E-state index contributed by atoms with van der Waals surface area (Å²) < 4.78 is 0. The largest absolute Gasteiger partial charge is 0.369 e. The molecule has 0 saturated heterocycles. The first kappa shape index (κ1) is 14.3. The second kappa shape index (κ2) is 6.82. The topological polar surface area (TPSA) is 28.2 Å². The lowest BCUT2D eigenvalue weighted by Gasteiger charge is -2.30. The molecule has 0 aliphatic rings. The zero-order valence-electron chi connectivity index (χ0n) is 11.1. The van der Waals surface area contributed by atoms with Gasteiger partial charge >= 0.3 is 0 Å². The maximum Gasteiger partial charge on any atom is 0.131 e. The smallest absolute Gasteiger partial charge is 0.131 e. The predicted molar refractivity (Wildman–Crippen MR) is 74.7 cm³/mol. The van der Waals surface area contributed by atoms with Gasteiger partial charge in [-0.05, 0) is 39.8 Å². The molecular weight excluding hydrogens is 234 g/mol. The van der Waals surface area contributed by atoms with Crippen molar-refractivity contribution in [2.75, 3.05) is 18.4 Å². The van der Waals surface area contributed by atoms with Crippen LogP contribution in [0.4, 0.5) is 5.82 Å². The van der Waals surface area contributed by atoms with Crippen molar-refractivity contribution in [1.29, 1.82) is 0 Å². The number of anilines is 1. The van der Waals surface area contributed by atoms with E-state index in [2.05, 4.69) is 42.9 Å². The zero-order valence-corrected chi connectivity index (χ0v) is 11.8. The molecule has 0 aliphatic carbocycles. The molecule has 17 heavy (non-hydrogen) atoms. The lowest BCUT2D eigenvalue weighted by atomic mass is 10.2. The Labute approximate surface area is 109 Å². The molecule has 1 aromatic heterocycles. The van der Waals surface area contributed by atoms with E-state index in [0.717, 1.165) is 18.9 Å². The summed E-state index contributed by atoms with van der Waals surface area (Å²) in [6, 6.07) is 6.73. The molecule has 1 rings (SSSR count). The Balaban J connectivity index is 2.41. The minimum Gasteiger partial charge on any atom is -0.369 e. The highest BCUT2D eigenvalue weighted by Crippen LogP contribution is 2.09. The lowest BCUT2D eigenvalue weighted by molar-refractivity contribution is 0.182. The highest BCUT2D eigenvalue weighted by Gasteiger charge is 2.12. The van der Waals surface area contributed by atoms with E-state index in [0.29, 0.717) is 17.2 Å². The fourth-order valence-electron chi connectivity index (χ4n) is 1.93. The first-order valence-corrected chi connectivity index (χ1v) is 6.50. The normalized spacial score (nSPS) is 11.5. The van der Waals surface area contributed by atoms with Crippen LogP contribution in [0.5, 0.6) is 0 Å². The van der Waals surface area contributed by atoms with E-state index < -0.39 is 0 Å². The van der Waals surface area contributed by atoms with E-state index >= 15 is 0 Å². The predicted octanol–water partition coefficient (Wildman–Crippen LogP) is 3.27. The minimum atomic E-state index is 0.527. The van der Waals surface area contributed by atoms with Gasteiger partial charge in [0.05, 0.1) is 0 Å². The molecule has 0 bridgehead atoms. The molecule has 0 spiro atoms. The molecule has 0 aliphatic heterocycles. The van der Waals surface area contributed by atoms with Crippen molar-refractivity contribution in [2.45, 2.75) is 39.8 Å². The lowest BCUT2D eigenvalue weighted by Crippen LogP contribution is -2.40. The number of aromatic nitrogens is 1. The molecular formula is C13H22ClN3. The highest BCUT2D eigenvalue weighted by molar-refractivity contribution is 6.29. The van der Waals surface area contributed by atoms with Crippen LogP contribution < -0.4 is 5.32 Å². The zero-order chi connectivity index (χ0) is 12.8. The standard InChI is InChI=1S/C13H22ClN3/c1-10(2)17(11(3)4)9-8-15-13-7-5-6-12(14)16-13/h5-7,10-11H,8-9H2,1-4H3,(H,15,16). The summed E-state index contributed by atoms with van der Waals surface area (Å²) >= 11 is 5.83. The van der Waals surface area contributed by atoms with Gasteiger partial charge < -0.3 is 5.32 Å². The summed E-state index contributed by atoms with van der Waals surface area (Å²) in [5.74, 6) is 0.838. The number of nitrogens with one attached hydrogen (secondary N) is 1. The number of hydrogen-bond acceptors (Lipinski definition) is 3. The van der Waals surface area contributed by atoms with Crippen LogP contribution >= 0.6 is 11.6 Å². The molecule has 1 aromatic rings. The van der Waals surface area contributed by atoms with Gasteiger partial charge in [0, 0.05) is 25.2 Å². The average molecular weight is 256 g/mol. The first-order chi connectivity index (χ1) is 8.00. The molecule has 0 saturated carbocycles. The van der Waals surface area contributed by atoms with Crippen molar-refractivity contribution in [1.82, 2.24) is 9.88 Å². The molecule has 0 radical (unpaired) electrons. The van der Waals surface area contributed by atoms with Crippen LogP contribution in [0.1, 0.15) is 27.7 Å². The molecule has 0 amide bonds. The number of hydrogen-bond donors (Lipinski definition) is 1. The monoisotopic (exact) mass is 255 g/mol. The Hall–Kier alpha value is -0.800. The maximum atomic E-state index is 5.83. The van der Waals surface area contributed by atoms with Gasteiger partial charge in [0.15, 0.2) is 0 Å². The third-order valence-electron chi connectivity index (χ3n) is 2.72. The molecule has 96 valence electrons. The molecule has 0 fully saturated rings. The number of halogens is 1. The van der Waals surface area contributed by atoms with Crippen molar-refractivity contribution in [3.63, 3.8) is 0 Å². The van der Waals surface area contributed by atoms with Crippen molar-refractivity contribution in [3.8, 4) is 0 Å². The Morgan fingerprint density at radius 1 is 1.24 bits per heavy atom. The summed E-state index contributed by atoms with van der Waals surface area (Å²) in [5.41, 5.74) is 0. The number of nitrogens with zero attached hydrogens (tertiary/aromatic N) is 2. The fraction of sp³-hybridized carbons (Fsp3) is 0.615. The quantitative estimate of drug-likeness (QED) is 0.791. The van der Waals surface area contributed by atoms with Gasteiger partial charge in [-0.3, -0.25) is 4.90 Å². The van der Waals surface area contributed by atoms with E-state index in [1.54, 1.807) is 6.07 Å². The van der Waals surface area contributed by atoms with Crippen LogP contribution in [0.25, 0.3) is 0 Å². The van der Waals surface area contributed by atoms with Crippen LogP contribution in [0, 0.1) is 0 Å². The molecule has 0 unspecified atom stereocenters. The Bertz CT molecular complexity index is 331. The van der Waals surface area contributed by atoms with Gasteiger partial charge in [0.2, 0.25) is 0 Å². The first-order valence-electron chi connectivity index (χ1n) is 6.13. The van der Waals surface area contributed by atoms with Gasteiger partial charge in [-0.2, -0.15) is 0 Å². The molecule has 0 aromatic carbocycles. The van der Waals surface area contributed by atoms with Crippen LogP contribution in [-0.4, -0.2) is 35.1 Å². The maximum absolute atomic E-state index is 5.83. The summed E-state index contributed by atoms with van der Waals surface area (Å²) in [4.78, 5) is 6.64. The molecule has 3 nitrogen and oxygen atoms in total. The van der Waals surface area contributed by atoms with E-state index in [4.69, 9.17) is 11.6 Å². The second-order valence-electron chi connectivity index (χ2n) is 4.70.